The molecule has 1 heterocycles. The maximum Gasteiger partial charge on any atom is 0.166 e. The van der Waals surface area contributed by atoms with Crippen LogP contribution in [0.5, 0.6) is 0 Å². The third kappa shape index (κ3) is 2.30. The van der Waals surface area contributed by atoms with E-state index in [0.29, 0.717) is 5.69 Å². The van der Waals surface area contributed by atoms with Crippen molar-refractivity contribution in [1.82, 2.24) is 9.97 Å². The molecule has 0 saturated carbocycles. The second kappa shape index (κ2) is 4.32. The molecule has 0 atom stereocenters. The number of halogens is 2. The molecule has 0 fully saturated rings. The van der Waals surface area contributed by atoms with E-state index < -0.39 is 11.6 Å². The van der Waals surface area contributed by atoms with Crippen LogP contribution in [0.4, 0.5) is 20.4 Å². The highest BCUT2D eigenvalue weighted by Crippen LogP contribution is 2.17. The van der Waals surface area contributed by atoms with Crippen molar-refractivity contribution in [3.8, 4) is 0 Å². The Labute approximate surface area is 96.3 Å². The molecule has 0 aliphatic heterocycles. The fourth-order valence-electron chi connectivity index (χ4n) is 1.42. The van der Waals surface area contributed by atoms with E-state index in [-0.39, 0.29) is 23.6 Å². The molecule has 6 heteroatoms. The number of hydrogen-bond acceptors (Lipinski definition) is 4. The second-order valence-electron chi connectivity index (χ2n) is 3.51. The van der Waals surface area contributed by atoms with Crippen LogP contribution >= 0.6 is 0 Å². The number of hydrogen-bond donors (Lipinski definition) is 2. The topological polar surface area (TPSA) is 77.8 Å². The van der Waals surface area contributed by atoms with Crippen LogP contribution in [0.15, 0.2) is 24.4 Å². The van der Waals surface area contributed by atoms with Gasteiger partial charge < -0.3 is 11.5 Å². The molecule has 0 bridgehead atoms. The molecule has 0 unspecified atom stereocenters. The van der Waals surface area contributed by atoms with Crippen LogP contribution in [0.1, 0.15) is 11.3 Å². The molecule has 4 nitrogen and oxygen atoms in total. The Morgan fingerprint density at radius 1 is 1.06 bits per heavy atom. The van der Waals surface area contributed by atoms with Gasteiger partial charge in [-0.3, -0.25) is 0 Å². The van der Waals surface area contributed by atoms with Crippen LogP contribution in [0, 0.1) is 11.6 Å². The van der Waals surface area contributed by atoms with Crippen molar-refractivity contribution < 1.29 is 8.78 Å². The fraction of sp³-hybridized carbons (Fsp3) is 0.0909. The monoisotopic (exact) mass is 236 g/mol. The van der Waals surface area contributed by atoms with E-state index in [9.17, 15) is 8.78 Å². The lowest BCUT2D eigenvalue weighted by Gasteiger charge is -2.05. The smallest absolute Gasteiger partial charge is 0.166 e. The number of benzene rings is 1. The van der Waals surface area contributed by atoms with E-state index in [2.05, 4.69) is 9.97 Å². The van der Waals surface area contributed by atoms with Crippen molar-refractivity contribution in [1.29, 1.82) is 0 Å². The summed E-state index contributed by atoms with van der Waals surface area (Å²) in [5, 5.41) is 0. The van der Waals surface area contributed by atoms with Gasteiger partial charge in [0.2, 0.25) is 0 Å². The van der Waals surface area contributed by atoms with Crippen LogP contribution in [-0.4, -0.2) is 9.97 Å². The Balaban J connectivity index is 2.35. The molecule has 2 aromatic rings. The molecule has 0 aliphatic carbocycles. The molecule has 1 aromatic heterocycles. The van der Waals surface area contributed by atoms with E-state index in [1.165, 1.54) is 24.4 Å². The van der Waals surface area contributed by atoms with Crippen molar-refractivity contribution in [3.05, 3.63) is 47.3 Å². The van der Waals surface area contributed by atoms with E-state index >= 15 is 0 Å². The molecule has 1 aromatic carbocycles. The summed E-state index contributed by atoms with van der Waals surface area (Å²) >= 11 is 0. The second-order valence-corrected chi connectivity index (χ2v) is 3.51. The highest BCUT2D eigenvalue weighted by atomic mass is 19.1. The largest absolute Gasteiger partial charge is 0.381 e. The Morgan fingerprint density at radius 3 is 2.29 bits per heavy atom. The first-order valence-electron chi connectivity index (χ1n) is 4.87. The lowest BCUT2D eigenvalue weighted by atomic mass is 10.1. The van der Waals surface area contributed by atoms with Gasteiger partial charge in [0.05, 0.1) is 11.9 Å². The van der Waals surface area contributed by atoms with Crippen molar-refractivity contribution in [2.45, 2.75) is 6.42 Å². The zero-order valence-corrected chi connectivity index (χ0v) is 8.82. The minimum Gasteiger partial charge on any atom is -0.381 e. The fourth-order valence-corrected chi connectivity index (χ4v) is 1.42. The standard InChI is InChI=1S/C11H10F2N4/c12-8-2-1-3-9(13)7(8)4-6-5-16-10(14)11(15)17-6/h1-3,5H,4H2,(H2,14,16)(H2,15,17). The third-order valence-corrected chi connectivity index (χ3v) is 2.30. The molecule has 0 radical (unpaired) electrons. The Hall–Kier alpha value is -2.24. The van der Waals surface area contributed by atoms with Gasteiger partial charge in [-0.05, 0) is 12.1 Å². The van der Waals surface area contributed by atoms with E-state index in [1.807, 2.05) is 0 Å². The molecule has 0 saturated heterocycles. The van der Waals surface area contributed by atoms with E-state index in [0.717, 1.165) is 0 Å². The number of nitrogens with two attached hydrogens (primary N) is 2. The molecular formula is C11H10F2N4. The summed E-state index contributed by atoms with van der Waals surface area (Å²) in [5.74, 6) is -1.09. The highest BCUT2D eigenvalue weighted by molar-refractivity contribution is 5.51. The summed E-state index contributed by atoms with van der Waals surface area (Å²) in [7, 11) is 0. The molecular weight excluding hydrogens is 226 g/mol. The van der Waals surface area contributed by atoms with Gasteiger partial charge >= 0.3 is 0 Å². The van der Waals surface area contributed by atoms with Crippen molar-refractivity contribution in [2.24, 2.45) is 0 Å². The number of nitrogen functional groups attached to an aromatic ring is 2. The number of rotatable bonds is 2. The van der Waals surface area contributed by atoms with Gasteiger partial charge in [-0.2, -0.15) is 0 Å². The van der Waals surface area contributed by atoms with Gasteiger partial charge in [0.1, 0.15) is 11.6 Å². The minimum absolute atomic E-state index is 0.0179. The Kier molecular flexibility index (Phi) is 2.86. The van der Waals surface area contributed by atoms with Crippen molar-refractivity contribution in [2.75, 3.05) is 11.5 Å². The van der Waals surface area contributed by atoms with Gasteiger partial charge in [-0.1, -0.05) is 6.07 Å². The Morgan fingerprint density at radius 2 is 1.71 bits per heavy atom. The zero-order valence-electron chi connectivity index (χ0n) is 8.82. The molecule has 17 heavy (non-hydrogen) atoms. The first-order chi connectivity index (χ1) is 8.08. The summed E-state index contributed by atoms with van der Waals surface area (Å²) in [4.78, 5) is 7.69. The molecule has 0 spiro atoms. The molecule has 88 valence electrons. The molecule has 2 rings (SSSR count). The number of nitrogens with zero attached hydrogens (tertiary/aromatic N) is 2. The lowest BCUT2D eigenvalue weighted by molar-refractivity contribution is 0.560. The van der Waals surface area contributed by atoms with Crippen molar-refractivity contribution >= 4 is 11.6 Å². The predicted molar refractivity (Wildman–Crippen MR) is 60.0 cm³/mol. The quantitative estimate of drug-likeness (QED) is 0.828. The SMILES string of the molecule is Nc1ncc(Cc2c(F)cccc2F)nc1N. The molecule has 4 N–H and O–H groups in total. The van der Waals surface area contributed by atoms with Gasteiger partial charge in [0, 0.05) is 12.0 Å². The summed E-state index contributed by atoms with van der Waals surface area (Å²) in [6.07, 6.45) is 1.33. The average Bonchev–Trinajstić information content (AvgIpc) is 2.28. The van der Waals surface area contributed by atoms with Crippen LogP contribution in [-0.2, 0) is 6.42 Å². The van der Waals surface area contributed by atoms with Crippen LogP contribution in [0.25, 0.3) is 0 Å². The highest BCUT2D eigenvalue weighted by Gasteiger charge is 2.10. The maximum atomic E-state index is 13.4. The summed E-state index contributed by atoms with van der Waals surface area (Å²) < 4.78 is 26.7. The minimum atomic E-state index is -0.623. The van der Waals surface area contributed by atoms with Gasteiger partial charge in [-0.25, -0.2) is 18.7 Å². The van der Waals surface area contributed by atoms with Crippen LogP contribution in [0.2, 0.25) is 0 Å². The third-order valence-electron chi connectivity index (χ3n) is 2.30. The van der Waals surface area contributed by atoms with Gasteiger partial charge in [0.25, 0.3) is 0 Å². The summed E-state index contributed by atoms with van der Waals surface area (Å²) in [6.45, 7) is 0. The van der Waals surface area contributed by atoms with Crippen LogP contribution < -0.4 is 11.5 Å². The van der Waals surface area contributed by atoms with Gasteiger partial charge in [0.15, 0.2) is 11.6 Å². The average molecular weight is 236 g/mol. The van der Waals surface area contributed by atoms with E-state index in [1.54, 1.807) is 0 Å². The summed E-state index contributed by atoms with van der Waals surface area (Å²) in [5.41, 5.74) is 11.2. The maximum absolute atomic E-state index is 13.4. The first kappa shape index (κ1) is 11.3. The first-order valence-corrected chi connectivity index (χ1v) is 4.87. The van der Waals surface area contributed by atoms with Crippen molar-refractivity contribution in [3.63, 3.8) is 0 Å². The summed E-state index contributed by atoms with van der Waals surface area (Å²) in [6, 6.07) is 3.68. The van der Waals surface area contributed by atoms with E-state index in [4.69, 9.17) is 11.5 Å². The predicted octanol–water partition coefficient (Wildman–Crippen LogP) is 1.51. The number of aromatic nitrogens is 2. The lowest BCUT2D eigenvalue weighted by Crippen LogP contribution is -2.05. The number of anilines is 2. The molecule has 0 amide bonds. The molecule has 0 aliphatic rings. The normalized spacial score (nSPS) is 10.5. The van der Waals surface area contributed by atoms with Gasteiger partial charge in [-0.15, -0.1) is 0 Å². The Bertz CT molecular complexity index is 537. The zero-order chi connectivity index (χ0) is 12.4. The van der Waals surface area contributed by atoms with Crippen LogP contribution in [0.3, 0.4) is 0 Å².